The lowest BCUT2D eigenvalue weighted by atomic mass is 9.91. The van der Waals surface area contributed by atoms with Crippen molar-refractivity contribution in [3.63, 3.8) is 0 Å². The molecule has 4 heterocycles. The number of nitrogens with one attached hydrogen (secondary N) is 2. The van der Waals surface area contributed by atoms with E-state index >= 15 is 0 Å². The van der Waals surface area contributed by atoms with Crippen molar-refractivity contribution in [1.82, 2.24) is 30.5 Å². The molecule has 1 aliphatic heterocycles. The summed E-state index contributed by atoms with van der Waals surface area (Å²) in [6.07, 6.45) is 3.10. The highest BCUT2D eigenvalue weighted by Gasteiger charge is 2.27. The molecule has 8 nitrogen and oxygen atoms in total. The van der Waals surface area contributed by atoms with Gasteiger partial charge in [-0.1, -0.05) is 12.1 Å². The normalized spacial score (nSPS) is 16.4. The molecule has 1 atom stereocenters. The predicted molar refractivity (Wildman–Crippen MR) is 111 cm³/mol. The van der Waals surface area contributed by atoms with Crippen molar-refractivity contribution in [3.8, 4) is 17.3 Å². The first-order valence-corrected chi connectivity index (χ1v) is 9.99. The molecular weight excluding hydrogens is 399 g/mol. The maximum atomic E-state index is 13.1. The van der Waals surface area contributed by atoms with Crippen molar-refractivity contribution in [2.45, 2.75) is 25.2 Å². The summed E-state index contributed by atoms with van der Waals surface area (Å²) in [5.41, 5.74) is 2.19. The third-order valence-electron chi connectivity index (χ3n) is 5.43. The Kier molecular flexibility index (Phi) is 4.78. The molecule has 1 aliphatic rings. The fourth-order valence-corrected chi connectivity index (χ4v) is 3.91. The standard InChI is InChI=1S/C22H19FN6O2/c23-14-5-3-12(4-6-14)10-16-26-22(29-28-16)20-21(31)19-15(2-1-8-25-19)18(27-20)13-7-9-24-17(30)11-13/h1-6,8,13,31H,7,9-11H2,(H,24,30)(H,26,28,29). The number of carbonyl (C=O) groups is 1. The number of aromatic nitrogens is 5. The number of hydrogen-bond acceptors (Lipinski definition) is 6. The topological polar surface area (TPSA) is 117 Å². The first-order chi connectivity index (χ1) is 15.1. The molecule has 5 rings (SSSR count). The van der Waals surface area contributed by atoms with Crippen molar-refractivity contribution in [2.24, 2.45) is 0 Å². The third kappa shape index (κ3) is 3.70. The minimum atomic E-state index is -0.302. The molecule has 1 saturated heterocycles. The van der Waals surface area contributed by atoms with Crippen LogP contribution in [-0.2, 0) is 11.2 Å². The van der Waals surface area contributed by atoms with E-state index in [9.17, 15) is 14.3 Å². The molecule has 0 radical (unpaired) electrons. The number of pyridine rings is 2. The smallest absolute Gasteiger partial charge is 0.220 e. The van der Waals surface area contributed by atoms with E-state index in [1.54, 1.807) is 24.4 Å². The van der Waals surface area contributed by atoms with Crippen molar-refractivity contribution >= 4 is 16.8 Å². The van der Waals surface area contributed by atoms with Crippen molar-refractivity contribution in [1.29, 1.82) is 0 Å². The van der Waals surface area contributed by atoms with E-state index in [4.69, 9.17) is 4.98 Å². The van der Waals surface area contributed by atoms with Gasteiger partial charge in [0.1, 0.15) is 17.2 Å². The highest BCUT2D eigenvalue weighted by molar-refractivity contribution is 5.91. The van der Waals surface area contributed by atoms with Crippen LogP contribution in [0, 0.1) is 5.82 Å². The molecule has 3 N–H and O–H groups in total. The van der Waals surface area contributed by atoms with Crippen LogP contribution in [0.2, 0.25) is 0 Å². The largest absolute Gasteiger partial charge is 0.504 e. The van der Waals surface area contributed by atoms with Gasteiger partial charge in [0.2, 0.25) is 11.7 Å². The number of hydrogen-bond donors (Lipinski definition) is 3. The number of halogens is 1. The molecule has 0 spiro atoms. The molecule has 1 unspecified atom stereocenters. The summed E-state index contributed by atoms with van der Waals surface area (Å²) < 4.78 is 13.1. The Bertz CT molecular complexity index is 1270. The monoisotopic (exact) mass is 418 g/mol. The number of carbonyl (C=O) groups excluding carboxylic acids is 1. The number of aromatic amines is 1. The van der Waals surface area contributed by atoms with Crippen LogP contribution in [0.1, 0.15) is 35.8 Å². The number of nitrogens with zero attached hydrogens (tertiary/aromatic N) is 4. The minimum Gasteiger partial charge on any atom is -0.504 e. The summed E-state index contributed by atoms with van der Waals surface area (Å²) >= 11 is 0. The maximum absolute atomic E-state index is 13.1. The lowest BCUT2D eigenvalue weighted by Gasteiger charge is -2.23. The van der Waals surface area contributed by atoms with Gasteiger partial charge in [-0.15, -0.1) is 0 Å². The fourth-order valence-electron chi connectivity index (χ4n) is 3.91. The second-order valence-corrected chi connectivity index (χ2v) is 7.54. The van der Waals surface area contributed by atoms with Gasteiger partial charge in [0.15, 0.2) is 11.4 Å². The summed E-state index contributed by atoms with van der Waals surface area (Å²) in [5, 5.41) is 21.5. The van der Waals surface area contributed by atoms with Crippen LogP contribution >= 0.6 is 0 Å². The SMILES string of the molecule is O=C1CC(c2nc(-c3n[nH]c(Cc4ccc(F)cc4)n3)c(O)c3ncccc23)CCN1. The van der Waals surface area contributed by atoms with Gasteiger partial charge in [0.05, 0.1) is 5.69 Å². The summed E-state index contributed by atoms with van der Waals surface area (Å²) in [6.45, 7) is 0.575. The van der Waals surface area contributed by atoms with E-state index in [2.05, 4.69) is 25.5 Å². The van der Waals surface area contributed by atoms with Gasteiger partial charge >= 0.3 is 0 Å². The van der Waals surface area contributed by atoms with Gasteiger partial charge in [0, 0.05) is 36.9 Å². The number of piperidine rings is 1. The molecule has 3 aromatic heterocycles. The minimum absolute atomic E-state index is 0.0239. The van der Waals surface area contributed by atoms with Crippen molar-refractivity contribution in [2.75, 3.05) is 6.54 Å². The Hall–Kier alpha value is -3.88. The van der Waals surface area contributed by atoms with E-state index in [0.717, 1.165) is 12.0 Å². The molecule has 0 saturated carbocycles. The van der Waals surface area contributed by atoms with Gasteiger partial charge < -0.3 is 10.4 Å². The number of rotatable bonds is 4. The number of fused-ring (bicyclic) bond motifs is 1. The Balaban J connectivity index is 1.55. The maximum Gasteiger partial charge on any atom is 0.220 e. The van der Waals surface area contributed by atoms with Gasteiger partial charge in [-0.2, -0.15) is 5.10 Å². The van der Waals surface area contributed by atoms with Gasteiger partial charge in [-0.3, -0.25) is 14.9 Å². The Labute approximate surface area is 176 Å². The van der Waals surface area contributed by atoms with Crippen LogP contribution in [0.25, 0.3) is 22.4 Å². The average molecular weight is 418 g/mol. The lowest BCUT2D eigenvalue weighted by Crippen LogP contribution is -2.33. The number of benzene rings is 1. The Morgan fingerprint density at radius 2 is 2.00 bits per heavy atom. The van der Waals surface area contributed by atoms with Crippen LogP contribution < -0.4 is 5.32 Å². The summed E-state index contributed by atoms with van der Waals surface area (Å²) in [6, 6.07) is 9.77. The molecule has 0 aliphatic carbocycles. The average Bonchev–Trinajstić information content (AvgIpc) is 3.24. The Morgan fingerprint density at radius 1 is 1.16 bits per heavy atom. The summed E-state index contributed by atoms with van der Waals surface area (Å²) in [5.74, 6) is 0.281. The molecule has 9 heteroatoms. The van der Waals surface area contributed by atoms with Crippen LogP contribution in [0.5, 0.6) is 5.75 Å². The zero-order chi connectivity index (χ0) is 21.4. The number of aromatic hydroxyl groups is 1. The van der Waals surface area contributed by atoms with Gasteiger partial charge in [-0.25, -0.2) is 14.4 Å². The molecule has 1 fully saturated rings. The van der Waals surface area contributed by atoms with E-state index in [-0.39, 0.29) is 34.9 Å². The molecular formula is C22H19FN6O2. The molecule has 1 aromatic carbocycles. The third-order valence-corrected chi connectivity index (χ3v) is 5.43. The van der Waals surface area contributed by atoms with E-state index < -0.39 is 0 Å². The highest BCUT2D eigenvalue weighted by atomic mass is 19.1. The zero-order valence-corrected chi connectivity index (χ0v) is 16.5. The van der Waals surface area contributed by atoms with Gasteiger partial charge in [0.25, 0.3) is 0 Å². The van der Waals surface area contributed by atoms with E-state index in [1.165, 1.54) is 12.1 Å². The molecule has 31 heavy (non-hydrogen) atoms. The first kappa shape index (κ1) is 19.1. The van der Waals surface area contributed by atoms with E-state index in [1.807, 2.05) is 6.07 Å². The van der Waals surface area contributed by atoms with Crippen molar-refractivity contribution < 1.29 is 14.3 Å². The zero-order valence-electron chi connectivity index (χ0n) is 16.5. The van der Waals surface area contributed by atoms with Crippen LogP contribution in [0.3, 0.4) is 0 Å². The lowest BCUT2D eigenvalue weighted by molar-refractivity contribution is -0.122. The summed E-state index contributed by atoms with van der Waals surface area (Å²) in [4.78, 5) is 25.5. The van der Waals surface area contributed by atoms with Crippen LogP contribution in [0.15, 0.2) is 42.6 Å². The predicted octanol–water partition coefficient (Wildman–Crippen LogP) is 2.84. The van der Waals surface area contributed by atoms with E-state index in [0.29, 0.717) is 41.8 Å². The Morgan fingerprint density at radius 3 is 2.81 bits per heavy atom. The molecule has 4 aromatic rings. The van der Waals surface area contributed by atoms with Crippen molar-refractivity contribution in [3.05, 3.63) is 65.5 Å². The number of amides is 1. The summed E-state index contributed by atoms with van der Waals surface area (Å²) in [7, 11) is 0. The van der Waals surface area contributed by atoms with Crippen LogP contribution in [0.4, 0.5) is 4.39 Å². The number of H-pyrrole nitrogens is 1. The quantitative estimate of drug-likeness (QED) is 0.469. The fraction of sp³-hybridized carbons (Fsp3) is 0.227. The molecule has 156 valence electrons. The van der Waals surface area contributed by atoms with Crippen LogP contribution in [-0.4, -0.2) is 42.7 Å². The molecule has 0 bridgehead atoms. The second-order valence-electron chi connectivity index (χ2n) is 7.54. The van der Waals surface area contributed by atoms with Gasteiger partial charge in [-0.05, 0) is 36.2 Å². The molecule has 1 amide bonds. The highest BCUT2D eigenvalue weighted by Crippen LogP contribution is 2.37. The first-order valence-electron chi connectivity index (χ1n) is 9.99. The second kappa shape index (κ2) is 7.75.